The molecule has 0 saturated carbocycles. The summed E-state index contributed by atoms with van der Waals surface area (Å²) in [5, 5.41) is 0. The van der Waals surface area contributed by atoms with E-state index in [-0.39, 0.29) is 17.9 Å². The largest absolute Gasteiger partial charge is 0.368 e. The molecule has 0 aliphatic heterocycles. The highest BCUT2D eigenvalue weighted by molar-refractivity contribution is 5.95. The van der Waals surface area contributed by atoms with Crippen LogP contribution in [0.5, 0.6) is 0 Å². The van der Waals surface area contributed by atoms with Gasteiger partial charge < -0.3 is 10.6 Å². The lowest BCUT2D eigenvalue weighted by atomic mass is 10.0. The average Bonchev–Trinajstić information content (AvgIpc) is 2.68. The Kier molecular flexibility index (Phi) is 5.68. The first-order valence-electron chi connectivity index (χ1n) is 9.24. The molecule has 0 fully saturated rings. The highest BCUT2D eigenvalue weighted by Crippen LogP contribution is 2.21. The van der Waals surface area contributed by atoms with Gasteiger partial charge in [-0.15, -0.1) is 0 Å². The number of aryl methyl sites for hydroxylation is 2. The predicted molar refractivity (Wildman–Crippen MR) is 111 cm³/mol. The number of hydrogen-bond donors (Lipinski definition) is 1. The van der Waals surface area contributed by atoms with Crippen molar-refractivity contribution in [1.82, 2.24) is 19.9 Å². The smallest absolute Gasteiger partial charge is 0.253 e. The second-order valence-electron chi connectivity index (χ2n) is 7.07. The zero-order valence-corrected chi connectivity index (χ0v) is 16.7. The number of anilines is 1. The van der Waals surface area contributed by atoms with Gasteiger partial charge in [0.1, 0.15) is 0 Å². The number of pyridine rings is 1. The van der Waals surface area contributed by atoms with Crippen LogP contribution in [-0.2, 0) is 6.42 Å². The summed E-state index contributed by atoms with van der Waals surface area (Å²) >= 11 is 0. The predicted octanol–water partition coefficient (Wildman–Crippen LogP) is 3.44. The minimum Gasteiger partial charge on any atom is -0.368 e. The number of rotatable bonds is 5. The van der Waals surface area contributed by atoms with Crippen molar-refractivity contribution in [3.8, 4) is 11.3 Å². The SMILES string of the molecule is Cc1cc(-c2cccc(C(=O)N(C)C(C)Cc3ncccc3C)c2)nc(N)n1. The number of nitrogen functional groups attached to an aromatic ring is 1. The Balaban J connectivity index is 1.81. The van der Waals surface area contributed by atoms with Crippen LogP contribution in [0.2, 0.25) is 0 Å². The molecule has 2 aromatic heterocycles. The monoisotopic (exact) mass is 375 g/mol. The fourth-order valence-electron chi connectivity index (χ4n) is 3.10. The van der Waals surface area contributed by atoms with Gasteiger partial charge in [0.25, 0.3) is 5.91 Å². The molecule has 1 atom stereocenters. The number of nitrogens with zero attached hydrogens (tertiary/aromatic N) is 4. The van der Waals surface area contributed by atoms with E-state index >= 15 is 0 Å². The van der Waals surface area contributed by atoms with Crippen LogP contribution in [0.15, 0.2) is 48.7 Å². The van der Waals surface area contributed by atoms with Crippen LogP contribution in [0.3, 0.4) is 0 Å². The fourth-order valence-corrected chi connectivity index (χ4v) is 3.10. The Morgan fingerprint density at radius 3 is 2.64 bits per heavy atom. The Hall–Kier alpha value is -3.28. The van der Waals surface area contributed by atoms with E-state index in [1.807, 2.05) is 70.3 Å². The second kappa shape index (κ2) is 8.17. The van der Waals surface area contributed by atoms with Crippen molar-refractivity contribution in [2.75, 3.05) is 12.8 Å². The molecule has 2 heterocycles. The van der Waals surface area contributed by atoms with Crippen LogP contribution >= 0.6 is 0 Å². The molecule has 6 nitrogen and oxygen atoms in total. The summed E-state index contributed by atoms with van der Waals surface area (Å²) in [7, 11) is 1.82. The molecule has 0 aliphatic rings. The second-order valence-corrected chi connectivity index (χ2v) is 7.07. The lowest BCUT2D eigenvalue weighted by Crippen LogP contribution is -2.36. The van der Waals surface area contributed by atoms with Crippen molar-refractivity contribution < 1.29 is 4.79 Å². The quantitative estimate of drug-likeness (QED) is 0.738. The van der Waals surface area contributed by atoms with E-state index in [4.69, 9.17) is 5.73 Å². The summed E-state index contributed by atoms with van der Waals surface area (Å²) in [5.41, 5.74) is 10.9. The summed E-state index contributed by atoms with van der Waals surface area (Å²) in [6.45, 7) is 5.94. The average molecular weight is 375 g/mol. The highest BCUT2D eigenvalue weighted by Gasteiger charge is 2.19. The minimum absolute atomic E-state index is 0.0155. The minimum atomic E-state index is -0.0401. The van der Waals surface area contributed by atoms with E-state index in [0.717, 1.165) is 22.5 Å². The molecule has 3 aromatic rings. The Labute approximate surface area is 165 Å². The third kappa shape index (κ3) is 4.34. The van der Waals surface area contributed by atoms with Crippen LogP contribution in [-0.4, -0.2) is 38.8 Å². The standard InChI is InChI=1S/C22H25N5O/c1-14-7-6-10-24-19(14)12-16(3)27(4)21(28)18-9-5-8-17(13-18)20-11-15(2)25-22(23)26-20/h5-11,13,16H,12H2,1-4H3,(H2,23,25,26). The molecular weight excluding hydrogens is 350 g/mol. The van der Waals surface area contributed by atoms with E-state index in [2.05, 4.69) is 15.0 Å². The fraction of sp³-hybridized carbons (Fsp3) is 0.273. The molecule has 0 aliphatic carbocycles. The molecule has 144 valence electrons. The van der Waals surface area contributed by atoms with Crippen molar-refractivity contribution in [3.63, 3.8) is 0 Å². The summed E-state index contributed by atoms with van der Waals surface area (Å²) in [5.74, 6) is 0.185. The number of aromatic nitrogens is 3. The molecule has 0 bridgehead atoms. The Morgan fingerprint density at radius 1 is 1.14 bits per heavy atom. The molecule has 28 heavy (non-hydrogen) atoms. The first kappa shape index (κ1) is 19.5. The zero-order chi connectivity index (χ0) is 20.3. The molecule has 0 radical (unpaired) electrons. The summed E-state index contributed by atoms with van der Waals surface area (Å²) < 4.78 is 0. The van der Waals surface area contributed by atoms with Gasteiger partial charge >= 0.3 is 0 Å². The van der Waals surface area contributed by atoms with Crippen LogP contribution in [0.1, 0.15) is 34.2 Å². The number of amides is 1. The number of carbonyl (C=O) groups is 1. The van der Waals surface area contributed by atoms with E-state index in [9.17, 15) is 4.79 Å². The lowest BCUT2D eigenvalue weighted by molar-refractivity contribution is 0.0743. The molecule has 1 aromatic carbocycles. The van der Waals surface area contributed by atoms with Gasteiger partial charge in [-0.05, 0) is 50.6 Å². The van der Waals surface area contributed by atoms with E-state index in [1.54, 1.807) is 11.1 Å². The first-order chi connectivity index (χ1) is 13.3. The Morgan fingerprint density at radius 2 is 1.93 bits per heavy atom. The topological polar surface area (TPSA) is 85.0 Å². The van der Waals surface area contributed by atoms with Gasteiger partial charge in [0.05, 0.1) is 5.69 Å². The molecule has 0 saturated heterocycles. The van der Waals surface area contributed by atoms with Crippen LogP contribution in [0, 0.1) is 13.8 Å². The van der Waals surface area contributed by atoms with Gasteiger partial charge in [-0.25, -0.2) is 9.97 Å². The number of hydrogen-bond acceptors (Lipinski definition) is 5. The van der Waals surface area contributed by atoms with Gasteiger partial charge in [-0.2, -0.15) is 0 Å². The zero-order valence-electron chi connectivity index (χ0n) is 16.7. The van der Waals surface area contributed by atoms with E-state index in [1.165, 1.54) is 0 Å². The maximum atomic E-state index is 13.0. The highest BCUT2D eigenvalue weighted by atomic mass is 16.2. The number of nitrogens with two attached hydrogens (primary N) is 1. The third-order valence-corrected chi connectivity index (χ3v) is 4.86. The number of benzene rings is 1. The van der Waals surface area contributed by atoms with Crippen molar-refractivity contribution in [1.29, 1.82) is 0 Å². The van der Waals surface area contributed by atoms with E-state index < -0.39 is 0 Å². The Bertz CT molecular complexity index is 981. The van der Waals surface area contributed by atoms with Gasteiger partial charge in [-0.3, -0.25) is 9.78 Å². The van der Waals surface area contributed by atoms with Gasteiger partial charge in [-0.1, -0.05) is 18.2 Å². The molecule has 2 N–H and O–H groups in total. The van der Waals surface area contributed by atoms with Gasteiger partial charge in [0.2, 0.25) is 5.95 Å². The molecule has 3 rings (SSSR count). The maximum absolute atomic E-state index is 13.0. The number of carbonyl (C=O) groups excluding carboxylic acids is 1. The molecule has 1 unspecified atom stereocenters. The first-order valence-corrected chi connectivity index (χ1v) is 9.24. The molecule has 0 spiro atoms. The third-order valence-electron chi connectivity index (χ3n) is 4.86. The summed E-state index contributed by atoms with van der Waals surface area (Å²) in [4.78, 5) is 27.6. The van der Waals surface area contributed by atoms with Gasteiger partial charge in [0, 0.05) is 48.2 Å². The van der Waals surface area contributed by atoms with Gasteiger partial charge in [0.15, 0.2) is 0 Å². The van der Waals surface area contributed by atoms with Crippen molar-refractivity contribution >= 4 is 11.9 Å². The van der Waals surface area contributed by atoms with Crippen molar-refractivity contribution in [3.05, 3.63) is 71.2 Å². The summed E-state index contributed by atoms with van der Waals surface area (Å²) in [6, 6.07) is 13.3. The van der Waals surface area contributed by atoms with E-state index in [0.29, 0.717) is 17.7 Å². The molecule has 6 heteroatoms. The molecular formula is C22H25N5O. The number of likely N-dealkylation sites (N-methyl/N-ethyl adjacent to an activating group) is 1. The van der Waals surface area contributed by atoms with Crippen LogP contribution < -0.4 is 5.73 Å². The molecule has 1 amide bonds. The van der Waals surface area contributed by atoms with Crippen molar-refractivity contribution in [2.45, 2.75) is 33.2 Å². The normalized spacial score (nSPS) is 11.9. The summed E-state index contributed by atoms with van der Waals surface area (Å²) in [6.07, 6.45) is 2.49. The maximum Gasteiger partial charge on any atom is 0.253 e. The van der Waals surface area contributed by atoms with Crippen LogP contribution in [0.25, 0.3) is 11.3 Å². The van der Waals surface area contributed by atoms with Crippen molar-refractivity contribution in [2.24, 2.45) is 0 Å². The van der Waals surface area contributed by atoms with Crippen LogP contribution in [0.4, 0.5) is 5.95 Å². The lowest BCUT2D eigenvalue weighted by Gasteiger charge is -2.25.